The Balaban J connectivity index is 1.03. The number of fused-ring (bicyclic) bond motifs is 7. The van der Waals surface area contributed by atoms with Crippen LogP contribution in [0.5, 0.6) is 0 Å². The summed E-state index contributed by atoms with van der Waals surface area (Å²) in [5, 5.41) is 14.2. The van der Waals surface area contributed by atoms with Crippen LogP contribution in [0.2, 0.25) is 0 Å². The average Bonchev–Trinajstić information content (AvgIpc) is 3.56. The highest BCUT2D eigenvalue weighted by Gasteiger charge is 2.27. The number of nitrogens with zero attached hydrogens (tertiary/aromatic N) is 1. The lowest BCUT2D eigenvalue weighted by atomic mass is 9.81. The first kappa shape index (κ1) is 32.1. The van der Waals surface area contributed by atoms with E-state index in [4.69, 9.17) is 0 Å². The summed E-state index contributed by atoms with van der Waals surface area (Å²) in [6, 6.07) is 65.0. The molecule has 1 aromatic heterocycles. The van der Waals surface area contributed by atoms with Gasteiger partial charge in [0.15, 0.2) is 0 Å². The molecule has 1 aliphatic carbocycles. The zero-order valence-electron chi connectivity index (χ0n) is 31.7. The van der Waals surface area contributed by atoms with Gasteiger partial charge in [-0.2, -0.15) is 0 Å². The summed E-state index contributed by atoms with van der Waals surface area (Å²) in [6.45, 7) is 0. The number of rotatable bonds is 4. The minimum absolute atomic E-state index is 0.975. The summed E-state index contributed by atoms with van der Waals surface area (Å²) in [6.07, 6.45) is 4.39. The predicted octanol–water partition coefficient (Wildman–Crippen LogP) is 14.8. The average molecular weight is 727 g/mol. The van der Waals surface area contributed by atoms with E-state index in [-0.39, 0.29) is 0 Å². The van der Waals surface area contributed by atoms with Crippen molar-refractivity contribution in [3.63, 3.8) is 0 Å². The largest absolute Gasteiger partial charge is 0.355 e. The Bertz CT molecular complexity index is 3360. The standard InChI is InChI=1S/C55H38N2/c1-57-52-32-41(48-30-39-20-11-9-18-37(39)28-46(48)35-15-6-3-7-16-35)24-26-43(52)55-44-21-12-22-50-54(44)49(33-53(55)57)42-25-23-40(31-51(42)56-50)47-29-38-19-10-8-17-36(38)27-45(47)34-13-4-2-5-14-34/h2-22,24,26-33,56H,23,25H2,1H3. The number of aryl methyl sites for hydroxylation is 1. The molecule has 0 fully saturated rings. The summed E-state index contributed by atoms with van der Waals surface area (Å²) >= 11 is 0. The van der Waals surface area contributed by atoms with Crippen LogP contribution in [0.4, 0.5) is 5.69 Å². The zero-order valence-corrected chi connectivity index (χ0v) is 31.7. The Hall–Kier alpha value is -7.16. The first-order chi connectivity index (χ1) is 28.2. The SMILES string of the molecule is Cn1c2cc(-c3cc4ccccc4cc3-c3ccccc3)ccc2c2c3cccc4c3c(cc21)C1=C(C=C(c2cc3ccccc3cc2-c2ccccc2)CC1)N4. The van der Waals surface area contributed by atoms with Gasteiger partial charge in [0.25, 0.3) is 0 Å². The van der Waals surface area contributed by atoms with Gasteiger partial charge in [0.2, 0.25) is 0 Å². The first-order valence-corrected chi connectivity index (χ1v) is 20.0. The summed E-state index contributed by atoms with van der Waals surface area (Å²) in [5.41, 5.74) is 17.9. The third-order valence-electron chi connectivity index (χ3n) is 12.6. The van der Waals surface area contributed by atoms with Gasteiger partial charge in [-0.05, 0) is 144 Å². The fourth-order valence-electron chi connectivity index (χ4n) is 9.85. The van der Waals surface area contributed by atoms with Crippen molar-refractivity contribution in [2.24, 2.45) is 7.05 Å². The maximum atomic E-state index is 3.94. The van der Waals surface area contributed by atoms with Crippen molar-refractivity contribution in [2.45, 2.75) is 12.8 Å². The molecule has 1 aliphatic heterocycles. The van der Waals surface area contributed by atoms with Crippen molar-refractivity contribution in [3.8, 4) is 33.4 Å². The van der Waals surface area contributed by atoms with Gasteiger partial charge in [-0.15, -0.1) is 0 Å². The Labute approximate surface area is 331 Å². The molecular formula is C55H38N2. The molecule has 0 atom stereocenters. The molecule has 268 valence electrons. The number of anilines is 1. The van der Waals surface area contributed by atoms with E-state index in [2.05, 4.69) is 199 Å². The fraction of sp³-hybridized carbons (Fsp3) is 0.0545. The number of hydrogen-bond donors (Lipinski definition) is 1. The van der Waals surface area contributed by atoms with Gasteiger partial charge in [0.1, 0.15) is 0 Å². The van der Waals surface area contributed by atoms with Crippen LogP contribution < -0.4 is 5.32 Å². The highest BCUT2D eigenvalue weighted by atomic mass is 14.9. The first-order valence-electron chi connectivity index (χ1n) is 20.0. The van der Waals surface area contributed by atoms with E-state index in [0.29, 0.717) is 0 Å². The quantitative estimate of drug-likeness (QED) is 0.191. The van der Waals surface area contributed by atoms with E-state index >= 15 is 0 Å². The molecule has 2 nitrogen and oxygen atoms in total. The lowest BCUT2D eigenvalue weighted by Crippen LogP contribution is -2.12. The van der Waals surface area contributed by atoms with E-state index in [9.17, 15) is 0 Å². The van der Waals surface area contributed by atoms with Crippen LogP contribution in [0.15, 0.2) is 188 Å². The molecule has 57 heavy (non-hydrogen) atoms. The molecular weight excluding hydrogens is 689 g/mol. The van der Waals surface area contributed by atoms with Crippen molar-refractivity contribution < 1.29 is 0 Å². The van der Waals surface area contributed by atoms with E-state index in [1.165, 1.54) is 121 Å². The summed E-state index contributed by atoms with van der Waals surface area (Å²) in [4.78, 5) is 0. The third kappa shape index (κ3) is 4.97. The van der Waals surface area contributed by atoms with Crippen molar-refractivity contribution in [2.75, 3.05) is 5.32 Å². The van der Waals surface area contributed by atoms with E-state index in [1.807, 2.05) is 0 Å². The molecule has 10 aromatic rings. The van der Waals surface area contributed by atoms with Crippen LogP contribution >= 0.6 is 0 Å². The molecule has 2 heteroatoms. The van der Waals surface area contributed by atoms with Gasteiger partial charge in [-0.3, -0.25) is 0 Å². The number of allylic oxidation sites excluding steroid dienone is 3. The second-order valence-corrected chi connectivity index (χ2v) is 15.7. The summed E-state index contributed by atoms with van der Waals surface area (Å²) in [7, 11) is 2.25. The maximum absolute atomic E-state index is 3.94. The molecule has 0 unspecified atom stereocenters. The van der Waals surface area contributed by atoms with Crippen LogP contribution in [-0.4, -0.2) is 4.57 Å². The van der Waals surface area contributed by atoms with Crippen molar-refractivity contribution in [1.29, 1.82) is 0 Å². The second kappa shape index (κ2) is 12.4. The summed E-state index contributed by atoms with van der Waals surface area (Å²) in [5.74, 6) is 0. The van der Waals surface area contributed by atoms with Gasteiger partial charge in [0.05, 0.1) is 5.52 Å². The zero-order chi connectivity index (χ0) is 37.6. The molecule has 2 heterocycles. The van der Waals surface area contributed by atoms with Crippen LogP contribution in [0, 0.1) is 0 Å². The normalized spacial score (nSPS) is 13.7. The van der Waals surface area contributed by atoms with Crippen molar-refractivity contribution in [3.05, 3.63) is 199 Å². The fourth-order valence-corrected chi connectivity index (χ4v) is 9.85. The Morgan fingerprint density at radius 3 is 1.65 bits per heavy atom. The van der Waals surface area contributed by atoms with Gasteiger partial charge in [-0.25, -0.2) is 0 Å². The molecule has 0 saturated carbocycles. The van der Waals surface area contributed by atoms with E-state index in [0.717, 1.165) is 12.8 Å². The lowest BCUT2D eigenvalue weighted by molar-refractivity contribution is 1.01. The number of benzene rings is 9. The smallest absolute Gasteiger partial charge is 0.0501 e. The molecule has 1 N–H and O–H groups in total. The van der Waals surface area contributed by atoms with Crippen LogP contribution in [-0.2, 0) is 7.05 Å². The maximum Gasteiger partial charge on any atom is 0.0501 e. The monoisotopic (exact) mass is 726 g/mol. The minimum Gasteiger partial charge on any atom is -0.355 e. The Morgan fingerprint density at radius 1 is 0.421 bits per heavy atom. The molecule has 0 saturated heterocycles. The van der Waals surface area contributed by atoms with Gasteiger partial charge in [0, 0.05) is 40.1 Å². The Morgan fingerprint density at radius 2 is 1.00 bits per heavy atom. The van der Waals surface area contributed by atoms with Gasteiger partial charge < -0.3 is 9.88 Å². The van der Waals surface area contributed by atoms with Crippen LogP contribution in [0.25, 0.3) is 98.7 Å². The Kier molecular flexibility index (Phi) is 7.00. The molecule has 0 spiro atoms. The second-order valence-electron chi connectivity index (χ2n) is 15.7. The molecule has 0 amide bonds. The highest BCUT2D eigenvalue weighted by molar-refractivity contribution is 6.26. The topological polar surface area (TPSA) is 17.0 Å². The number of hydrogen-bond acceptors (Lipinski definition) is 1. The molecule has 9 aromatic carbocycles. The minimum atomic E-state index is 0.975. The van der Waals surface area contributed by atoms with Crippen LogP contribution in [0.1, 0.15) is 24.0 Å². The van der Waals surface area contributed by atoms with Crippen molar-refractivity contribution in [1.82, 2.24) is 4.57 Å². The van der Waals surface area contributed by atoms with Crippen molar-refractivity contribution >= 4 is 71.0 Å². The number of nitrogens with one attached hydrogen (secondary N) is 1. The molecule has 0 bridgehead atoms. The molecule has 2 aliphatic rings. The molecule has 12 rings (SSSR count). The molecule has 0 radical (unpaired) electrons. The third-order valence-corrected chi connectivity index (χ3v) is 12.6. The van der Waals surface area contributed by atoms with E-state index in [1.54, 1.807) is 0 Å². The van der Waals surface area contributed by atoms with Gasteiger partial charge in [-0.1, -0.05) is 133 Å². The summed E-state index contributed by atoms with van der Waals surface area (Å²) < 4.78 is 2.42. The van der Waals surface area contributed by atoms with Crippen LogP contribution in [0.3, 0.4) is 0 Å². The van der Waals surface area contributed by atoms with Gasteiger partial charge >= 0.3 is 0 Å². The lowest BCUT2D eigenvalue weighted by Gasteiger charge is -2.29. The predicted molar refractivity (Wildman–Crippen MR) is 243 cm³/mol. The highest BCUT2D eigenvalue weighted by Crippen LogP contribution is 2.49. The van der Waals surface area contributed by atoms with E-state index < -0.39 is 0 Å². The number of aromatic nitrogens is 1.